The molecule has 0 heterocycles. The highest BCUT2D eigenvalue weighted by Gasteiger charge is 2.23. The van der Waals surface area contributed by atoms with Crippen molar-refractivity contribution in [3.05, 3.63) is 24.3 Å². The third kappa shape index (κ3) is 5.02. The van der Waals surface area contributed by atoms with E-state index >= 15 is 0 Å². The number of sulfonamides is 1. The van der Waals surface area contributed by atoms with Gasteiger partial charge >= 0.3 is 5.97 Å². The number of rotatable bonds is 8. The fourth-order valence-corrected chi connectivity index (χ4v) is 2.70. The molecule has 1 aromatic carbocycles. The molecule has 0 saturated carbocycles. The number of benzene rings is 1. The molecule has 0 aliphatic rings. The Morgan fingerprint density at radius 3 is 2.33 bits per heavy atom. The van der Waals surface area contributed by atoms with E-state index in [1.54, 1.807) is 19.1 Å². The molecule has 0 saturated heterocycles. The summed E-state index contributed by atoms with van der Waals surface area (Å²) >= 11 is 0. The van der Waals surface area contributed by atoms with Crippen LogP contribution in [0.3, 0.4) is 0 Å². The van der Waals surface area contributed by atoms with Crippen LogP contribution in [0, 0.1) is 0 Å². The second kappa shape index (κ2) is 7.99. The van der Waals surface area contributed by atoms with E-state index in [2.05, 4.69) is 0 Å². The van der Waals surface area contributed by atoms with Gasteiger partial charge in [0.05, 0.1) is 18.1 Å². The average Bonchev–Trinajstić information content (AvgIpc) is 2.45. The van der Waals surface area contributed by atoms with Crippen molar-refractivity contribution in [2.45, 2.75) is 25.2 Å². The molecule has 0 radical (unpaired) electrons. The summed E-state index contributed by atoms with van der Waals surface area (Å²) in [7, 11) is -2.37. The van der Waals surface area contributed by atoms with Crippen LogP contribution < -0.4 is 4.74 Å². The highest BCUT2D eigenvalue weighted by atomic mass is 32.2. The van der Waals surface area contributed by atoms with Crippen LogP contribution in [-0.4, -0.2) is 45.5 Å². The number of nitrogens with zero attached hydrogens (tertiary/aromatic N) is 1. The molecule has 1 aromatic rings. The van der Waals surface area contributed by atoms with Gasteiger partial charge in [-0.3, -0.25) is 4.79 Å². The highest BCUT2D eigenvalue weighted by Crippen LogP contribution is 2.19. The van der Waals surface area contributed by atoms with Crippen molar-refractivity contribution in [1.29, 1.82) is 0 Å². The zero-order valence-corrected chi connectivity index (χ0v) is 13.4. The Kier molecular flexibility index (Phi) is 6.64. The molecule has 6 nitrogen and oxygen atoms in total. The molecule has 0 amide bonds. The predicted octanol–water partition coefficient (Wildman–Crippen LogP) is 1.66. The minimum absolute atomic E-state index is 0.109. The maximum absolute atomic E-state index is 12.3. The highest BCUT2D eigenvalue weighted by molar-refractivity contribution is 7.89. The number of carbonyl (C=O) groups is 1. The summed E-state index contributed by atoms with van der Waals surface area (Å²) in [6.45, 7) is 4.14. The maximum atomic E-state index is 12.3. The number of hydrogen-bond donors (Lipinski definition) is 0. The van der Waals surface area contributed by atoms with Crippen LogP contribution in [0.25, 0.3) is 0 Å². The standard InChI is InChI=1S/C14H21NO5S/c1-4-10-20-12-6-8-13(9-7-12)21(17,18)15(3)11-14(16)19-5-2/h6-9H,4-5,10-11H2,1-3H3. The number of esters is 1. The van der Waals surface area contributed by atoms with Crippen molar-refractivity contribution >= 4 is 16.0 Å². The lowest BCUT2D eigenvalue weighted by atomic mass is 10.3. The summed E-state index contributed by atoms with van der Waals surface area (Å²) in [5.74, 6) is 0.0373. The van der Waals surface area contributed by atoms with Crippen LogP contribution in [0.5, 0.6) is 5.75 Å². The van der Waals surface area contributed by atoms with E-state index in [4.69, 9.17) is 9.47 Å². The molecule has 0 fully saturated rings. The zero-order valence-electron chi connectivity index (χ0n) is 12.5. The van der Waals surface area contributed by atoms with Crippen molar-refractivity contribution in [1.82, 2.24) is 4.31 Å². The van der Waals surface area contributed by atoms with Gasteiger partial charge in [0.1, 0.15) is 12.3 Å². The summed E-state index contributed by atoms with van der Waals surface area (Å²) in [6.07, 6.45) is 0.877. The summed E-state index contributed by atoms with van der Waals surface area (Å²) in [4.78, 5) is 11.5. The van der Waals surface area contributed by atoms with Crippen LogP contribution in [0.1, 0.15) is 20.3 Å². The van der Waals surface area contributed by atoms with E-state index in [0.29, 0.717) is 12.4 Å². The van der Waals surface area contributed by atoms with E-state index < -0.39 is 16.0 Å². The first kappa shape index (κ1) is 17.5. The minimum atomic E-state index is -3.71. The van der Waals surface area contributed by atoms with Gasteiger partial charge in [-0.2, -0.15) is 4.31 Å². The summed E-state index contributed by atoms with van der Waals surface area (Å²) in [6, 6.07) is 6.12. The summed E-state index contributed by atoms with van der Waals surface area (Å²) in [5, 5.41) is 0. The van der Waals surface area contributed by atoms with Gasteiger partial charge in [-0.25, -0.2) is 8.42 Å². The van der Waals surface area contributed by atoms with Crippen molar-refractivity contribution < 1.29 is 22.7 Å². The van der Waals surface area contributed by atoms with E-state index in [0.717, 1.165) is 10.7 Å². The Hall–Kier alpha value is -1.60. The Bertz CT molecular complexity index is 553. The van der Waals surface area contributed by atoms with Gasteiger partial charge in [0, 0.05) is 7.05 Å². The fraction of sp³-hybridized carbons (Fsp3) is 0.500. The number of carbonyl (C=O) groups excluding carboxylic acids is 1. The quantitative estimate of drug-likeness (QED) is 0.682. The third-order valence-corrected chi connectivity index (χ3v) is 4.48. The Morgan fingerprint density at radius 1 is 1.19 bits per heavy atom. The van der Waals surface area contributed by atoms with Crippen molar-refractivity contribution in [3.8, 4) is 5.75 Å². The van der Waals surface area contributed by atoms with Crippen molar-refractivity contribution in [2.75, 3.05) is 26.8 Å². The van der Waals surface area contributed by atoms with Gasteiger partial charge in [-0.05, 0) is 37.6 Å². The van der Waals surface area contributed by atoms with Crippen molar-refractivity contribution in [2.24, 2.45) is 0 Å². The number of ether oxygens (including phenoxy) is 2. The number of likely N-dealkylation sites (N-methyl/N-ethyl adjacent to an activating group) is 1. The van der Waals surface area contributed by atoms with Crippen LogP contribution in [0.15, 0.2) is 29.2 Å². The van der Waals surface area contributed by atoms with Gasteiger partial charge in [0.25, 0.3) is 0 Å². The molecule has 0 N–H and O–H groups in total. The topological polar surface area (TPSA) is 72.9 Å². The first-order valence-corrected chi connectivity index (χ1v) is 8.20. The maximum Gasteiger partial charge on any atom is 0.321 e. The Labute approximate surface area is 125 Å². The molecule has 0 aromatic heterocycles. The largest absolute Gasteiger partial charge is 0.494 e. The van der Waals surface area contributed by atoms with Gasteiger partial charge in [0.15, 0.2) is 0 Å². The van der Waals surface area contributed by atoms with Crippen LogP contribution in [0.4, 0.5) is 0 Å². The molecule has 21 heavy (non-hydrogen) atoms. The fourth-order valence-electron chi connectivity index (χ4n) is 1.58. The molecule has 118 valence electrons. The third-order valence-electron chi connectivity index (χ3n) is 2.66. The lowest BCUT2D eigenvalue weighted by molar-refractivity contribution is -0.143. The smallest absolute Gasteiger partial charge is 0.321 e. The summed E-state index contributed by atoms with van der Waals surface area (Å²) < 4.78 is 35.7. The molecular formula is C14H21NO5S. The van der Waals surface area contributed by atoms with Crippen molar-refractivity contribution in [3.63, 3.8) is 0 Å². The van der Waals surface area contributed by atoms with Gasteiger partial charge in [0.2, 0.25) is 10.0 Å². The number of hydrogen-bond acceptors (Lipinski definition) is 5. The Morgan fingerprint density at radius 2 is 1.81 bits per heavy atom. The van der Waals surface area contributed by atoms with E-state index in [9.17, 15) is 13.2 Å². The van der Waals surface area contributed by atoms with Crippen LogP contribution in [0.2, 0.25) is 0 Å². The molecule has 0 aliphatic carbocycles. The molecular weight excluding hydrogens is 294 g/mol. The molecule has 7 heteroatoms. The van der Waals surface area contributed by atoms with Crippen LogP contribution in [-0.2, 0) is 19.6 Å². The van der Waals surface area contributed by atoms with Gasteiger partial charge in [-0.15, -0.1) is 0 Å². The lowest BCUT2D eigenvalue weighted by Gasteiger charge is -2.16. The monoisotopic (exact) mass is 315 g/mol. The zero-order chi connectivity index (χ0) is 15.9. The molecule has 0 spiro atoms. The van der Waals surface area contributed by atoms with Crippen LogP contribution >= 0.6 is 0 Å². The SMILES string of the molecule is CCCOc1ccc(S(=O)(=O)N(C)CC(=O)OCC)cc1. The van der Waals surface area contributed by atoms with E-state index in [1.165, 1.54) is 19.2 Å². The predicted molar refractivity (Wildman–Crippen MR) is 78.7 cm³/mol. The first-order chi connectivity index (χ1) is 9.91. The first-order valence-electron chi connectivity index (χ1n) is 6.76. The van der Waals surface area contributed by atoms with E-state index in [-0.39, 0.29) is 18.0 Å². The average molecular weight is 315 g/mol. The molecule has 0 unspecified atom stereocenters. The second-order valence-electron chi connectivity index (χ2n) is 4.39. The van der Waals surface area contributed by atoms with E-state index in [1.807, 2.05) is 6.92 Å². The van der Waals surface area contributed by atoms with Gasteiger partial charge in [-0.1, -0.05) is 6.92 Å². The molecule has 0 aliphatic heterocycles. The molecule has 0 atom stereocenters. The lowest BCUT2D eigenvalue weighted by Crippen LogP contribution is -2.33. The molecule has 0 bridgehead atoms. The normalized spacial score (nSPS) is 11.4. The second-order valence-corrected chi connectivity index (χ2v) is 6.43. The minimum Gasteiger partial charge on any atom is -0.494 e. The van der Waals surface area contributed by atoms with Gasteiger partial charge < -0.3 is 9.47 Å². The Balaban J connectivity index is 2.79. The summed E-state index contributed by atoms with van der Waals surface area (Å²) in [5.41, 5.74) is 0. The molecule has 1 rings (SSSR count).